The first-order valence-corrected chi connectivity index (χ1v) is 5.42. The molecule has 19 heavy (non-hydrogen) atoms. The van der Waals surface area contributed by atoms with Crippen molar-refractivity contribution < 1.29 is 17.9 Å². The van der Waals surface area contributed by atoms with E-state index in [1.54, 1.807) is 6.92 Å². The highest BCUT2D eigenvalue weighted by molar-refractivity contribution is 5.93. The van der Waals surface area contributed by atoms with Crippen LogP contribution in [-0.4, -0.2) is 25.7 Å². The molecule has 0 radical (unpaired) electrons. The second-order valence-corrected chi connectivity index (χ2v) is 3.80. The molecular formula is C11H15F3N4O. The fraction of sp³-hybridized carbons (Fsp3) is 0.364. The minimum atomic E-state index is -1.27. The third-order valence-electron chi connectivity index (χ3n) is 2.16. The summed E-state index contributed by atoms with van der Waals surface area (Å²) >= 11 is 0. The summed E-state index contributed by atoms with van der Waals surface area (Å²) in [7, 11) is 1.50. The number of nitrogens with one attached hydrogen (secondary N) is 2. The van der Waals surface area contributed by atoms with Crippen LogP contribution in [0.25, 0.3) is 0 Å². The van der Waals surface area contributed by atoms with E-state index in [9.17, 15) is 13.2 Å². The van der Waals surface area contributed by atoms with Crippen LogP contribution < -0.4 is 16.6 Å². The van der Waals surface area contributed by atoms with Gasteiger partial charge in [-0.1, -0.05) is 0 Å². The molecule has 0 bridgehead atoms. The third-order valence-corrected chi connectivity index (χ3v) is 2.16. The van der Waals surface area contributed by atoms with Gasteiger partial charge in [-0.2, -0.15) is 0 Å². The van der Waals surface area contributed by atoms with Gasteiger partial charge in [-0.25, -0.2) is 24.0 Å². The zero-order chi connectivity index (χ0) is 14.4. The third kappa shape index (κ3) is 4.42. The first-order valence-electron chi connectivity index (χ1n) is 5.42. The molecule has 106 valence electrons. The monoisotopic (exact) mass is 276 g/mol. The summed E-state index contributed by atoms with van der Waals surface area (Å²) < 4.78 is 44.0. The van der Waals surface area contributed by atoms with Gasteiger partial charge in [0.2, 0.25) is 5.96 Å². The lowest BCUT2D eigenvalue weighted by Crippen LogP contribution is -2.37. The van der Waals surface area contributed by atoms with Crippen molar-refractivity contribution in [2.24, 2.45) is 10.8 Å². The van der Waals surface area contributed by atoms with Crippen LogP contribution in [0.15, 0.2) is 17.1 Å². The lowest BCUT2D eigenvalue weighted by molar-refractivity contribution is 0.185. The summed E-state index contributed by atoms with van der Waals surface area (Å²) in [5.41, 5.74) is 1.92. The van der Waals surface area contributed by atoms with Crippen LogP contribution in [0.1, 0.15) is 6.92 Å². The van der Waals surface area contributed by atoms with Crippen molar-refractivity contribution in [2.75, 3.05) is 19.0 Å². The van der Waals surface area contributed by atoms with Gasteiger partial charge in [-0.05, 0) is 6.92 Å². The maximum absolute atomic E-state index is 13.4. The van der Waals surface area contributed by atoms with Crippen LogP contribution in [0.4, 0.5) is 18.9 Å². The summed E-state index contributed by atoms with van der Waals surface area (Å²) in [6, 6.07) is 0.861. The first kappa shape index (κ1) is 15.3. The predicted molar refractivity (Wildman–Crippen MR) is 66.0 cm³/mol. The molecule has 0 aliphatic rings. The second kappa shape index (κ2) is 6.95. The van der Waals surface area contributed by atoms with E-state index in [2.05, 4.69) is 15.7 Å². The van der Waals surface area contributed by atoms with Gasteiger partial charge in [-0.3, -0.25) is 5.43 Å². The number of anilines is 1. The Morgan fingerprint density at radius 3 is 2.53 bits per heavy atom. The van der Waals surface area contributed by atoms with E-state index in [0.717, 1.165) is 0 Å². The topological polar surface area (TPSA) is 71.7 Å². The molecule has 0 aromatic heterocycles. The van der Waals surface area contributed by atoms with Crippen molar-refractivity contribution in [3.05, 3.63) is 29.6 Å². The van der Waals surface area contributed by atoms with Gasteiger partial charge in [0, 0.05) is 19.2 Å². The van der Waals surface area contributed by atoms with Crippen molar-refractivity contribution in [3.63, 3.8) is 0 Å². The van der Waals surface area contributed by atoms with Crippen LogP contribution in [-0.2, 0) is 4.74 Å². The fourth-order valence-electron chi connectivity index (χ4n) is 1.35. The molecule has 8 heteroatoms. The first-order chi connectivity index (χ1) is 8.97. The number of hydrogen-bond donors (Lipinski definition) is 3. The minimum absolute atomic E-state index is 0.00876. The highest BCUT2D eigenvalue weighted by atomic mass is 19.2. The van der Waals surface area contributed by atoms with E-state index in [4.69, 9.17) is 10.6 Å². The molecule has 1 unspecified atom stereocenters. The highest BCUT2D eigenvalue weighted by Gasteiger charge is 2.11. The molecule has 5 nitrogen and oxygen atoms in total. The summed E-state index contributed by atoms with van der Waals surface area (Å²) in [5, 5.41) is 2.43. The van der Waals surface area contributed by atoms with Gasteiger partial charge in [0.05, 0.1) is 18.3 Å². The maximum atomic E-state index is 13.4. The summed E-state index contributed by atoms with van der Waals surface area (Å²) in [6.45, 7) is 2.07. The predicted octanol–water partition coefficient (Wildman–Crippen LogP) is 1.37. The van der Waals surface area contributed by atoms with E-state index in [0.29, 0.717) is 18.7 Å². The van der Waals surface area contributed by atoms with Gasteiger partial charge in [-0.15, -0.1) is 0 Å². The lowest BCUT2D eigenvalue weighted by atomic mass is 10.3. The number of hydrazine groups is 1. The number of nitrogens with two attached hydrogens (primary N) is 1. The quantitative estimate of drug-likeness (QED) is 0.255. The largest absolute Gasteiger partial charge is 0.382 e. The molecule has 1 aromatic carbocycles. The molecule has 0 spiro atoms. The Hall–Kier alpha value is -1.80. The number of halogens is 3. The number of hydrogen-bond acceptors (Lipinski definition) is 3. The average molecular weight is 276 g/mol. The molecule has 0 heterocycles. The summed E-state index contributed by atoms with van der Waals surface area (Å²) in [4.78, 5) is 4.03. The van der Waals surface area contributed by atoms with Crippen LogP contribution in [0.5, 0.6) is 0 Å². The molecule has 0 aliphatic carbocycles. The minimum Gasteiger partial charge on any atom is -0.382 e. The van der Waals surface area contributed by atoms with E-state index in [-0.39, 0.29) is 17.7 Å². The van der Waals surface area contributed by atoms with E-state index >= 15 is 0 Å². The number of rotatable bonds is 4. The number of aliphatic imine (C=N–C) groups is 1. The van der Waals surface area contributed by atoms with Gasteiger partial charge in [0.15, 0.2) is 11.6 Å². The number of benzene rings is 1. The van der Waals surface area contributed by atoms with E-state index in [1.807, 2.05) is 0 Å². The van der Waals surface area contributed by atoms with Crippen LogP contribution in [0, 0.1) is 17.5 Å². The Balaban J connectivity index is 2.90. The molecule has 1 atom stereocenters. The Kier molecular flexibility index (Phi) is 5.58. The molecule has 1 rings (SSSR count). The zero-order valence-corrected chi connectivity index (χ0v) is 10.5. The molecule has 0 amide bonds. The smallest absolute Gasteiger partial charge is 0.210 e. The highest BCUT2D eigenvalue weighted by Crippen LogP contribution is 2.18. The molecule has 0 aliphatic heterocycles. The Labute approximate surface area is 108 Å². The lowest BCUT2D eigenvalue weighted by Gasteiger charge is -2.13. The SMILES string of the molecule is COCC(C)N=C(NN)Nc1cc(F)c(F)cc1F. The standard InChI is InChI=1S/C11H15F3N4O/c1-6(5-19-2)16-11(18-15)17-10-4-8(13)7(12)3-9(10)14/h3-4,6H,5,15H2,1-2H3,(H2,16,17,18). The average Bonchev–Trinajstić information content (AvgIpc) is 2.35. The van der Waals surface area contributed by atoms with Crippen molar-refractivity contribution >= 4 is 11.6 Å². The van der Waals surface area contributed by atoms with Crippen molar-refractivity contribution in [1.29, 1.82) is 0 Å². The van der Waals surface area contributed by atoms with Crippen LogP contribution in [0.3, 0.4) is 0 Å². The fourth-order valence-corrected chi connectivity index (χ4v) is 1.35. The molecule has 4 N–H and O–H groups in total. The zero-order valence-electron chi connectivity index (χ0n) is 10.5. The summed E-state index contributed by atoms with van der Waals surface area (Å²) in [6.07, 6.45) is 0. The van der Waals surface area contributed by atoms with E-state index < -0.39 is 17.5 Å². The van der Waals surface area contributed by atoms with Gasteiger partial charge in [0.1, 0.15) is 5.82 Å². The number of methoxy groups -OCH3 is 1. The van der Waals surface area contributed by atoms with Crippen molar-refractivity contribution in [1.82, 2.24) is 5.43 Å². The van der Waals surface area contributed by atoms with Crippen molar-refractivity contribution in [2.45, 2.75) is 13.0 Å². The number of nitrogens with zero attached hydrogens (tertiary/aromatic N) is 1. The second-order valence-electron chi connectivity index (χ2n) is 3.80. The van der Waals surface area contributed by atoms with Crippen molar-refractivity contribution in [3.8, 4) is 0 Å². The normalized spacial score (nSPS) is 13.3. The number of guanidine groups is 1. The van der Waals surface area contributed by atoms with Crippen LogP contribution in [0.2, 0.25) is 0 Å². The number of ether oxygens (including phenoxy) is 1. The van der Waals surface area contributed by atoms with Gasteiger partial charge < -0.3 is 10.1 Å². The summed E-state index contributed by atoms with van der Waals surface area (Å²) in [5.74, 6) is 1.82. The maximum Gasteiger partial charge on any atom is 0.210 e. The van der Waals surface area contributed by atoms with Gasteiger partial charge in [0.25, 0.3) is 0 Å². The van der Waals surface area contributed by atoms with Gasteiger partial charge >= 0.3 is 0 Å². The Morgan fingerprint density at radius 1 is 1.32 bits per heavy atom. The van der Waals surface area contributed by atoms with Crippen LogP contribution >= 0.6 is 0 Å². The Morgan fingerprint density at radius 2 is 1.95 bits per heavy atom. The molecule has 0 saturated carbocycles. The molecular weight excluding hydrogens is 261 g/mol. The molecule has 1 aromatic rings. The van der Waals surface area contributed by atoms with E-state index in [1.165, 1.54) is 7.11 Å². The Bertz CT molecular complexity index is 467. The molecule has 0 fully saturated rings. The molecule has 0 saturated heterocycles.